The molecule has 1 rings (SSSR count). The van der Waals surface area contributed by atoms with Crippen molar-refractivity contribution in [2.75, 3.05) is 20.6 Å². The summed E-state index contributed by atoms with van der Waals surface area (Å²) >= 11 is 0. The summed E-state index contributed by atoms with van der Waals surface area (Å²) in [4.78, 5) is 1.98. The van der Waals surface area contributed by atoms with Crippen molar-refractivity contribution < 1.29 is 5.11 Å². The summed E-state index contributed by atoms with van der Waals surface area (Å²) in [6.07, 6.45) is -0.379. The zero-order chi connectivity index (χ0) is 9.84. The highest BCUT2D eigenvalue weighted by molar-refractivity contribution is 5.27. The highest BCUT2D eigenvalue weighted by atomic mass is 16.3. The van der Waals surface area contributed by atoms with Gasteiger partial charge in [0.25, 0.3) is 0 Å². The molecule has 0 heterocycles. The van der Waals surface area contributed by atoms with Crippen molar-refractivity contribution in [2.24, 2.45) is 0 Å². The Hall–Kier alpha value is -0.860. The van der Waals surface area contributed by atoms with Crippen LogP contribution < -0.4 is 0 Å². The van der Waals surface area contributed by atoms with Crippen molar-refractivity contribution in [3.63, 3.8) is 0 Å². The van der Waals surface area contributed by atoms with Crippen molar-refractivity contribution in [2.45, 2.75) is 13.0 Å². The molecule has 2 nitrogen and oxygen atoms in total. The van der Waals surface area contributed by atoms with Gasteiger partial charge in [0.05, 0.1) is 6.10 Å². The van der Waals surface area contributed by atoms with E-state index in [0.29, 0.717) is 6.54 Å². The zero-order valence-corrected chi connectivity index (χ0v) is 8.49. The van der Waals surface area contributed by atoms with Crippen LogP contribution in [-0.4, -0.2) is 30.6 Å². The van der Waals surface area contributed by atoms with Gasteiger partial charge in [-0.2, -0.15) is 0 Å². The van der Waals surface area contributed by atoms with Gasteiger partial charge in [-0.15, -0.1) is 0 Å². The molecule has 2 heteroatoms. The Balaban J connectivity index is 2.76. The molecule has 0 aliphatic heterocycles. The molecule has 72 valence electrons. The van der Waals surface area contributed by atoms with E-state index >= 15 is 0 Å². The summed E-state index contributed by atoms with van der Waals surface area (Å²) in [7, 11) is 3.92. The van der Waals surface area contributed by atoms with E-state index in [1.807, 2.05) is 50.2 Å². The van der Waals surface area contributed by atoms with E-state index < -0.39 is 0 Å². The number of benzene rings is 1. The molecule has 13 heavy (non-hydrogen) atoms. The van der Waals surface area contributed by atoms with Crippen LogP contribution in [0.25, 0.3) is 0 Å². The molecule has 0 saturated carbocycles. The third-order valence-corrected chi connectivity index (χ3v) is 2.09. The second-order valence-electron chi connectivity index (χ2n) is 3.63. The van der Waals surface area contributed by atoms with Gasteiger partial charge < -0.3 is 10.0 Å². The Bertz CT molecular complexity index is 271. The van der Waals surface area contributed by atoms with Crippen molar-refractivity contribution >= 4 is 0 Å². The Kier molecular flexibility index (Phi) is 3.46. The molecule has 0 aliphatic carbocycles. The van der Waals surface area contributed by atoms with Crippen LogP contribution in [0.2, 0.25) is 0 Å². The first-order valence-electron chi connectivity index (χ1n) is 4.49. The fraction of sp³-hybridized carbons (Fsp3) is 0.455. The second-order valence-corrected chi connectivity index (χ2v) is 3.63. The lowest BCUT2D eigenvalue weighted by atomic mass is 10.0. The number of hydrogen-bond acceptors (Lipinski definition) is 2. The molecule has 1 aromatic rings. The third kappa shape index (κ3) is 2.83. The van der Waals surface area contributed by atoms with Crippen molar-refractivity contribution in [3.05, 3.63) is 35.4 Å². The normalized spacial score (nSPS) is 13.3. The predicted octanol–water partition coefficient (Wildman–Crippen LogP) is 1.59. The third-order valence-electron chi connectivity index (χ3n) is 2.09. The van der Waals surface area contributed by atoms with Gasteiger partial charge in [-0.05, 0) is 32.1 Å². The van der Waals surface area contributed by atoms with Gasteiger partial charge in [-0.25, -0.2) is 0 Å². The van der Waals surface area contributed by atoms with E-state index in [9.17, 15) is 5.11 Å². The summed E-state index contributed by atoms with van der Waals surface area (Å²) in [6.45, 7) is 2.69. The maximum atomic E-state index is 9.83. The van der Waals surface area contributed by atoms with Gasteiger partial charge >= 0.3 is 0 Å². The maximum absolute atomic E-state index is 9.83. The van der Waals surface area contributed by atoms with Crippen molar-refractivity contribution in [1.29, 1.82) is 0 Å². The van der Waals surface area contributed by atoms with Gasteiger partial charge in [0.1, 0.15) is 0 Å². The van der Waals surface area contributed by atoms with Crippen LogP contribution in [0.4, 0.5) is 0 Å². The molecule has 0 amide bonds. The number of rotatable bonds is 3. The second kappa shape index (κ2) is 4.40. The van der Waals surface area contributed by atoms with Gasteiger partial charge in [-0.1, -0.05) is 24.3 Å². The monoisotopic (exact) mass is 179 g/mol. The highest BCUT2D eigenvalue weighted by Crippen LogP contribution is 2.17. The van der Waals surface area contributed by atoms with Gasteiger partial charge in [0.15, 0.2) is 0 Å². The van der Waals surface area contributed by atoms with E-state index in [1.54, 1.807) is 0 Å². The Morgan fingerprint density at radius 3 is 2.46 bits per heavy atom. The lowest BCUT2D eigenvalue weighted by molar-refractivity contribution is 0.138. The van der Waals surface area contributed by atoms with E-state index in [0.717, 1.165) is 11.1 Å². The molecule has 0 spiro atoms. The minimum atomic E-state index is -0.379. The standard InChI is InChI=1S/C11H17NO/c1-9-6-4-5-7-10(9)11(13)8-12(2)3/h4-7,11,13H,8H2,1-3H3. The fourth-order valence-corrected chi connectivity index (χ4v) is 1.40. The molecular formula is C11H17NO. The van der Waals surface area contributed by atoms with Gasteiger partial charge in [0.2, 0.25) is 0 Å². The molecule has 0 aromatic heterocycles. The van der Waals surface area contributed by atoms with E-state index in [2.05, 4.69) is 0 Å². The fourth-order valence-electron chi connectivity index (χ4n) is 1.40. The molecule has 1 aromatic carbocycles. The summed E-state index contributed by atoms with van der Waals surface area (Å²) in [5.74, 6) is 0. The smallest absolute Gasteiger partial charge is 0.0919 e. The highest BCUT2D eigenvalue weighted by Gasteiger charge is 2.09. The first kappa shape index (κ1) is 10.2. The van der Waals surface area contributed by atoms with Crippen molar-refractivity contribution in [3.8, 4) is 0 Å². The zero-order valence-electron chi connectivity index (χ0n) is 8.49. The Morgan fingerprint density at radius 1 is 1.31 bits per heavy atom. The molecule has 1 N–H and O–H groups in total. The van der Waals surface area contributed by atoms with Crippen LogP contribution in [0, 0.1) is 6.92 Å². The molecular weight excluding hydrogens is 162 g/mol. The maximum Gasteiger partial charge on any atom is 0.0919 e. The lowest BCUT2D eigenvalue weighted by Gasteiger charge is -2.17. The number of nitrogens with zero attached hydrogens (tertiary/aromatic N) is 1. The van der Waals surface area contributed by atoms with E-state index in [1.165, 1.54) is 0 Å². The van der Waals surface area contributed by atoms with Crippen LogP contribution in [0.1, 0.15) is 17.2 Å². The Morgan fingerprint density at radius 2 is 1.92 bits per heavy atom. The minimum Gasteiger partial charge on any atom is -0.387 e. The van der Waals surface area contributed by atoms with Gasteiger partial charge in [-0.3, -0.25) is 0 Å². The molecule has 0 radical (unpaired) electrons. The molecule has 1 unspecified atom stereocenters. The minimum absolute atomic E-state index is 0.379. The van der Waals surface area contributed by atoms with Crippen LogP contribution in [-0.2, 0) is 0 Å². The number of hydrogen-bond donors (Lipinski definition) is 1. The largest absolute Gasteiger partial charge is 0.387 e. The number of likely N-dealkylation sites (N-methyl/N-ethyl adjacent to an activating group) is 1. The Labute approximate surface area is 79.8 Å². The molecule has 0 saturated heterocycles. The average Bonchev–Trinajstić information content (AvgIpc) is 2.03. The lowest BCUT2D eigenvalue weighted by Crippen LogP contribution is -2.20. The first-order valence-corrected chi connectivity index (χ1v) is 4.49. The quantitative estimate of drug-likeness (QED) is 0.761. The molecule has 1 atom stereocenters. The van der Waals surface area contributed by atoms with Crippen LogP contribution in [0.5, 0.6) is 0 Å². The van der Waals surface area contributed by atoms with Crippen LogP contribution in [0.3, 0.4) is 0 Å². The van der Waals surface area contributed by atoms with Crippen LogP contribution in [0.15, 0.2) is 24.3 Å². The molecule has 0 fully saturated rings. The topological polar surface area (TPSA) is 23.5 Å². The predicted molar refractivity (Wildman–Crippen MR) is 54.7 cm³/mol. The average molecular weight is 179 g/mol. The van der Waals surface area contributed by atoms with Crippen LogP contribution >= 0.6 is 0 Å². The molecule has 0 bridgehead atoms. The molecule has 0 aliphatic rings. The van der Waals surface area contributed by atoms with E-state index in [4.69, 9.17) is 0 Å². The van der Waals surface area contributed by atoms with Crippen molar-refractivity contribution in [1.82, 2.24) is 4.90 Å². The summed E-state index contributed by atoms with van der Waals surface area (Å²) in [5, 5.41) is 9.83. The summed E-state index contributed by atoms with van der Waals surface area (Å²) < 4.78 is 0. The summed E-state index contributed by atoms with van der Waals surface area (Å²) in [5.41, 5.74) is 2.17. The first-order chi connectivity index (χ1) is 6.11. The summed E-state index contributed by atoms with van der Waals surface area (Å²) in [6, 6.07) is 7.94. The van der Waals surface area contributed by atoms with Gasteiger partial charge in [0, 0.05) is 6.54 Å². The number of aryl methyl sites for hydroxylation is 1. The number of aliphatic hydroxyl groups is 1. The van der Waals surface area contributed by atoms with E-state index in [-0.39, 0.29) is 6.10 Å². The number of aliphatic hydroxyl groups excluding tert-OH is 1. The SMILES string of the molecule is Cc1ccccc1C(O)CN(C)C.